The van der Waals surface area contributed by atoms with Gasteiger partial charge in [-0.15, -0.1) is 11.8 Å². The molecule has 262 valence electrons. The summed E-state index contributed by atoms with van der Waals surface area (Å²) in [5, 5.41) is 7.93. The maximum atomic E-state index is 13.8. The van der Waals surface area contributed by atoms with E-state index in [1.54, 1.807) is 0 Å². The van der Waals surface area contributed by atoms with Crippen molar-refractivity contribution in [3.63, 3.8) is 0 Å². The predicted octanol–water partition coefficient (Wildman–Crippen LogP) is 3.56. The van der Waals surface area contributed by atoms with E-state index in [4.69, 9.17) is 10.6 Å². The summed E-state index contributed by atoms with van der Waals surface area (Å²) in [6, 6.07) is 36.8. The maximum Gasteiger partial charge on any atom is 0.408 e. The summed E-state index contributed by atoms with van der Waals surface area (Å²) >= 11 is 1.47. The van der Waals surface area contributed by atoms with Crippen LogP contribution < -0.4 is 27.2 Å². The first-order valence-electron chi connectivity index (χ1n) is 16.2. The Morgan fingerprint density at radius 1 is 0.745 bits per heavy atom. The summed E-state index contributed by atoms with van der Waals surface area (Å²) in [4.78, 5) is 59.2. The molecule has 12 nitrogen and oxygen atoms in total. The van der Waals surface area contributed by atoms with E-state index in [0.29, 0.717) is 5.69 Å². The van der Waals surface area contributed by atoms with E-state index >= 15 is 0 Å². The molecule has 51 heavy (non-hydrogen) atoms. The number of nitrogens with two attached hydrogens (primary N) is 1. The fourth-order valence-electron chi connectivity index (χ4n) is 5.53. The number of thioether (sulfide) groups is 1. The second-order valence-corrected chi connectivity index (χ2v) is 12.7. The first-order chi connectivity index (χ1) is 24.9. The quantitative estimate of drug-likeness (QED) is 0.0390. The van der Waals surface area contributed by atoms with Crippen LogP contribution in [0.3, 0.4) is 0 Å². The molecular weight excluding hydrogens is 667 g/mol. The molecule has 1 aromatic heterocycles. The van der Waals surface area contributed by atoms with Gasteiger partial charge < -0.3 is 25.7 Å². The first-order valence-corrected chi connectivity index (χ1v) is 17.2. The fraction of sp³-hybridized carbons (Fsp3) is 0.184. The number of aromatic nitrogens is 2. The Bertz CT molecular complexity index is 1750. The third kappa shape index (κ3) is 9.84. The Labute approximate surface area is 299 Å². The minimum absolute atomic E-state index is 0.000524. The third-order valence-electron chi connectivity index (χ3n) is 8.02. The summed E-state index contributed by atoms with van der Waals surface area (Å²) in [7, 11) is 0. The number of ether oxygens (including phenoxy) is 1. The number of alkyl carbamates (subject to hydrolysis) is 1. The van der Waals surface area contributed by atoms with Gasteiger partial charge in [0.2, 0.25) is 11.8 Å². The van der Waals surface area contributed by atoms with Gasteiger partial charge in [-0.05, 0) is 22.3 Å². The lowest BCUT2D eigenvalue weighted by Crippen LogP contribution is -2.54. The van der Waals surface area contributed by atoms with Gasteiger partial charge >= 0.3 is 6.09 Å². The van der Waals surface area contributed by atoms with Crippen LogP contribution in [0, 0.1) is 0 Å². The van der Waals surface area contributed by atoms with Crippen molar-refractivity contribution in [1.29, 1.82) is 0 Å². The largest absolute Gasteiger partial charge is 0.445 e. The van der Waals surface area contributed by atoms with Crippen molar-refractivity contribution in [3.8, 4) is 0 Å². The number of carbonyl (C=O) groups is 4. The van der Waals surface area contributed by atoms with Gasteiger partial charge in [0, 0.05) is 24.1 Å². The summed E-state index contributed by atoms with van der Waals surface area (Å²) in [5.74, 6) is 3.55. The zero-order valence-electron chi connectivity index (χ0n) is 27.7. The van der Waals surface area contributed by atoms with Crippen LogP contribution in [0.5, 0.6) is 0 Å². The molecule has 5 rings (SSSR count). The van der Waals surface area contributed by atoms with E-state index in [0.717, 1.165) is 22.3 Å². The van der Waals surface area contributed by atoms with E-state index in [1.807, 2.05) is 127 Å². The van der Waals surface area contributed by atoms with E-state index < -0.39 is 47.2 Å². The van der Waals surface area contributed by atoms with Gasteiger partial charge in [-0.25, -0.2) is 15.6 Å². The fourth-order valence-corrected chi connectivity index (χ4v) is 7.09. The van der Waals surface area contributed by atoms with Gasteiger partial charge in [0.05, 0.1) is 17.6 Å². The second-order valence-electron chi connectivity index (χ2n) is 11.5. The number of hydrazine groups is 1. The average Bonchev–Trinajstić information content (AvgIpc) is 3.70. The highest BCUT2D eigenvalue weighted by molar-refractivity contribution is 8.00. The van der Waals surface area contributed by atoms with Crippen molar-refractivity contribution in [2.24, 2.45) is 5.84 Å². The molecule has 1 heterocycles. The lowest BCUT2D eigenvalue weighted by molar-refractivity contribution is -0.130. The summed E-state index contributed by atoms with van der Waals surface area (Å²) in [6.45, 7) is -0.473. The third-order valence-corrected chi connectivity index (χ3v) is 9.66. The highest BCUT2D eigenvalue weighted by Crippen LogP contribution is 2.48. The molecule has 0 bridgehead atoms. The van der Waals surface area contributed by atoms with Crippen LogP contribution in [-0.2, 0) is 36.9 Å². The van der Waals surface area contributed by atoms with E-state index in [-0.39, 0.29) is 18.8 Å². The molecule has 0 aliphatic rings. The normalized spacial score (nSPS) is 12.2. The van der Waals surface area contributed by atoms with Crippen molar-refractivity contribution in [2.45, 2.75) is 29.9 Å². The van der Waals surface area contributed by atoms with E-state index in [1.165, 1.54) is 24.3 Å². The molecule has 0 saturated carbocycles. The topological polar surface area (TPSA) is 180 Å². The molecule has 0 fully saturated rings. The minimum atomic E-state index is -1.13. The molecule has 0 aliphatic carbocycles. The van der Waals surface area contributed by atoms with Gasteiger partial charge in [-0.3, -0.25) is 19.8 Å². The predicted molar refractivity (Wildman–Crippen MR) is 195 cm³/mol. The molecule has 2 atom stereocenters. The highest BCUT2D eigenvalue weighted by atomic mass is 32.2. The zero-order chi connectivity index (χ0) is 35.9. The van der Waals surface area contributed by atoms with Crippen molar-refractivity contribution >= 4 is 35.6 Å². The van der Waals surface area contributed by atoms with Gasteiger partial charge in [-0.2, -0.15) is 0 Å². The number of nitrogens with one attached hydrogen (secondary N) is 5. The Morgan fingerprint density at radius 2 is 1.29 bits per heavy atom. The molecule has 0 aliphatic heterocycles. The number of carbonyl (C=O) groups excluding carboxylic acids is 4. The number of aromatic amines is 1. The van der Waals surface area contributed by atoms with Crippen LogP contribution in [-0.4, -0.2) is 58.2 Å². The lowest BCUT2D eigenvalue weighted by Gasteiger charge is -2.36. The zero-order valence-corrected chi connectivity index (χ0v) is 28.5. The van der Waals surface area contributed by atoms with E-state index in [9.17, 15) is 19.2 Å². The Kier molecular flexibility index (Phi) is 13.0. The summed E-state index contributed by atoms with van der Waals surface area (Å²) in [6.07, 6.45) is 2.27. The van der Waals surface area contributed by atoms with Crippen molar-refractivity contribution in [2.75, 3.05) is 12.3 Å². The van der Waals surface area contributed by atoms with Crippen LogP contribution >= 0.6 is 11.8 Å². The number of benzene rings is 4. The standard InChI is InChI=1S/C38H39N7O5S/c39-45-36(48)32(21-31-22-40-26-42-31)43-34(46)23-41-35(47)33(44-37(49)50-24-27-13-5-1-6-14-27)25-51-38(28-15-7-2-8-16-28,29-17-9-3-10-18-29)30-19-11-4-12-20-30/h1-20,22,26,32-33H,21,23-25,39H2,(H,40,42)(H,41,47)(H,43,46)(H,44,49)(H,45,48)/t32-,33+/m1/s1. The van der Waals surface area contributed by atoms with Gasteiger partial charge in [-0.1, -0.05) is 121 Å². The molecule has 0 radical (unpaired) electrons. The molecule has 7 N–H and O–H groups in total. The van der Waals surface area contributed by atoms with Gasteiger partial charge in [0.1, 0.15) is 18.7 Å². The van der Waals surface area contributed by atoms with Crippen LogP contribution in [0.4, 0.5) is 4.79 Å². The molecule has 0 saturated heterocycles. The number of amides is 4. The molecule has 13 heteroatoms. The van der Waals surface area contributed by atoms with Crippen molar-refractivity contribution in [1.82, 2.24) is 31.3 Å². The smallest absolute Gasteiger partial charge is 0.408 e. The maximum absolute atomic E-state index is 13.8. The van der Waals surface area contributed by atoms with Crippen molar-refractivity contribution < 1.29 is 23.9 Å². The number of nitrogens with zero attached hydrogens (tertiary/aromatic N) is 1. The number of rotatable bonds is 16. The number of H-pyrrole nitrogens is 1. The number of imidazole rings is 1. The summed E-state index contributed by atoms with van der Waals surface area (Å²) < 4.78 is 4.69. The van der Waals surface area contributed by atoms with Crippen LogP contribution in [0.25, 0.3) is 0 Å². The minimum Gasteiger partial charge on any atom is -0.445 e. The molecule has 4 aromatic carbocycles. The van der Waals surface area contributed by atoms with Crippen LogP contribution in [0.2, 0.25) is 0 Å². The second kappa shape index (κ2) is 18.2. The number of hydrogen-bond acceptors (Lipinski definition) is 8. The first kappa shape index (κ1) is 36.4. The van der Waals surface area contributed by atoms with Gasteiger partial charge in [0.15, 0.2) is 0 Å². The monoisotopic (exact) mass is 705 g/mol. The van der Waals surface area contributed by atoms with Crippen LogP contribution in [0.1, 0.15) is 27.9 Å². The molecule has 5 aromatic rings. The molecular formula is C38H39N7O5S. The SMILES string of the molecule is NNC(=O)[C@@H](Cc1cnc[nH]1)NC(=O)CNC(=O)[C@H](CSC(c1ccccc1)(c1ccccc1)c1ccccc1)NC(=O)OCc1ccccc1. The van der Waals surface area contributed by atoms with Crippen LogP contribution in [0.15, 0.2) is 134 Å². The highest BCUT2D eigenvalue weighted by Gasteiger charge is 2.38. The lowest BCUT2D eigenvalue weighted by atomic mass is 9.84. The van der Waals surface area contributed by atoms with Gasteiger partial charge in [0.25, 0.3) is 5.91 Å². The molecule has 4 amide bonds. The Morgan fingerprint density at radius 3 is 1.80 bits per heavy atom. The Balaban J connectivity index is 1.38. The Hall–Kier alpha value is -5.92. The number of hydrogen-bond donors (Lipinski definition) is 6. The molecule has 0 unspecified atom stereocenters. The average molecular weight is 706 g/mol. The van der Waals surface area contributed by atoms with E-state index in [2.05, 4.69) is 25.9 Å². The van der Waals surface area contributed by atoms with Crippen molar-refractivity contribution in [3.05, 3.63) is 162 Å². The summed E-state index contributed by atoms with van der Waals surface area (Å²) in [5.41, 5.74) is 6.34. The molecule has 0 spiro atoms.